The maximum absolute atomic E-state index is 7.39. The van der Waals surface area contributed by atoms with Gasteiger partial charge in [0.15, 0.2) is 0 Å². The van der Waals surface area contributed by atoms with Gasteiger partial charge in [0.05, 0.1) is 5.69 Å². The molecule has 0 fully saturated rings. The van der Waals surface area contributed by atoms with Crippen LogP contribution in [0.1, 0.15) is 12.5 Å². The number of nitrogens with one attached hydrogen (secondary N) is 1. The van der Waals surface area contributed by atoms with Crippen molar-refractivity contribution >= 4 is 18.1 Å². The van der Waals surface area contributed by atoms with Gasteiger partial charge in [-0.05, 0) is 19.7 Å². The molecule has 0 amide bonds. The first-order valence-corrected chi connectivity index (χ1v) is 3.37. The van der Waals surface area contributed by atoms with E-state index in [9.17, 15) is 0 Å². The Morgan fingerprint density at radius 1 is 1.45 bits per heavy atom. The summed E-state index contributed by atoms with van der Waals surface area (Å²) in [7, 11) is 0. The molecular weight excluding hydrogens is 136 g/mol. The quantitative estimate of drug-likeness (QED) is 0.622. The summed E-state index contributed by atoms with van der Waals surface area (Å²) in [6, 6.07) is 7.49. The maximum atomic E-state index is 7.39. The van der Waals surface area contributed by atoms with E-state index in [-0.39, 0.29) is 0 Å². The molecule has 11 heavy (non-hydrogen) atoms. The topological polar surface area (TPSA) is 36.2 Å². The third kappa shape index (κ3) is 1.52. The molecule has 56 valence electrons. The van der Waals surface area contributed by atoms with Crippen molar-refractivity contribution in [3.05, 3.63) is 29.8 Å². The molecule has 0 radical (unpaired) electrons. The van der Waals surface area contributed by atoms with Crippen molar-refractivity contribution in [1.29, 1.82) is 5.41 Å². The van der Waals surface area contributed by atoms with Gasteiger partial charge in [0.25, 0.3) is 0 Å². The average molecular weight is 146 g/mol. The zero-order valence-electron chi connectivity index (χ0n) is 6.46. The van der Waals surface area contributed by atoms with Crippen molar-refractivity contribution in [1.82, 2.24) is 0 Å². The smallest absolute Gasteiger partial charge is 0.0712 e. The molecule has 0 aliphatic rings. The lowest BCUT2D eigenvalue weighted by molar-refractivity contribution is 1.43. The minimum Gasteiger partial charge on any atom is -0.305 e. The van der Waals surface area contributed by atoms with Crippen LogP contribution in [0.2, 0.25) is 0 Å². The Morgan fingerprint density at radius 3 is 2.55 bits per heavy atom. The SMILES string of the molecule is C=Nc1ccccc1C(C)=N. The van der Waals surface area contributed by atoms with Crippen molar-refractivity contribution in [3.63, 3.8) is 0 Å². The second kappa shape index (κ2) is 3.10. The van der Waals surface area contributed by atoms with Crippen LogP contribution >= 0.6 is 0 Å². The van der Waals surface area contributed by atoms with Gasteiger partial charge in [0.2, 0.25) is 0 Å². The lowest BCUT2D eigenvalue weighted by Gasteiger charge is -2.00. The molecule has 1 rings (SSSR count). The molecular formula is C9H10N2. The van der Waals surface area contributed by atoms with E-state index >= 15 is 0 Å². The van der Waals surface area contributed by atoms with Gasteiger partial charge in [-0.15, -0.1) is 0 Å². The summed E-state index contributed by atoms with van der Waals surface area (Å²) in [5.41, 5.74) is 2.15. The van der Waals surface area contributed by atoms with Crippen molar-refractivity contribution in [2.45, 2.75) is 6.92 Å². The highest BCUT2D eigenvalue weighted by molar-refractivity contribution is 6.00. The third-order valence-electron chi connectivity index (χ3n) is 1.48. The Balaban J connectivity index is 3.22. The van der Waals surface area contributed by atoms with Crippen LogP contribution in [0.15, 0.2) is 29.3 Å². The molecule has 0 atom stereocenters. The highest BCUT2D eigenvalue weighted by Crippen LogP contribution is 2.17. The minimum absolute atomic E-state index is 0.521. The van der Waals surface area contributed by atoms with Gasteiger partial charge < -0.3 is 5.41 Å². The molecule has 1 aromatic rings. The summed E-state index contributed by atoms with van der Waals surface area (Å²) in [4.78, 5) is 3.80. The van der Waals surface area contributed by atoms with Crippen molar-refractivity contribution in [2.75, 3.05) is 0 Å². The molecule has 0 heterocycles. The summed E-state index contributed by atoms with van der Waals surface area (Å²) >= 11 is 0. The van der Waals surface area contributed by atoms with E-state index in [0.29, 0.717) is 5.71 Å². The lowest BCUT2D eigenvalue weighted by atomic mass is 10.1. The third-order valence-corrected chi connectivity index (χ3v) is 1.48. The van der Waals surface area contributed by atoms with Crippen molar-refractivity contribution in [3.8, 4) is 0 Å². The van der Waals surface area contributed by atoms with Crippen LogP contribution < -0.4 is 0 Å². The first-order valence-electron chi connectivity index (χ1n) is 3.37. The van der Waals surface area contributed by atoms with Gasteiger partial charge in [-0.1, -0.05) is 18.2 Å². The molecule has 0 saturated heterocycles. The van der Waals surface area contributed by atoms with Gasteiger partial charge >= 0.3 is 0 Å². The van der Waals surface area contributed by atoms with E-state index in [1.54, 1.807) is 6.92 Å². The molecule has 0 aromatic heterocycles. The summed E-state index contributed by atoms with van der Waals surface area (Å²) < 4.78 is 0. The standard InChI is InChI=1S/C9H10N2/c1-7(10)8-5-3-4-6-9(8)11-2/h3-6,10H,2H2,1H3. The number of nitrogens with zero attached hydrogens (tertiary/aromatic N) is 1. The predicted molar refractivity (Wildman–Crippen MR) is 48.2 cm³/mol. The Hall–Kier alpha value is -1.44. The second-order valence-electron chi connectivity index (χ2n) is 2.30. The fraction of sp³-hybridized carbons (Fsp3) is 0.111. The van der Waals surface area contributed by atoms with Crippen LogP contribution in [0, 0.1) is 5.41 Å². The molecule has 0 aliphatic heterocycles. The first-order chi connectivity index (χ1) is 5.25. The van der Waals surface area contributed by atoms with Crippen LogP contribution in [0.4, 0.5) is 5.69 Å². The van der Waals surface area contributed by atoms with Crippen LogP contribution in [0.3, 0.4) is 0 Å². The minimum atomic E-state index is 0.521. The van der Waals surface area contributed by atoms with E-state index in [0.717, 1.165) is 11.3 Å². The van der Waals surface area contributed by atoms with E-state index in [1.807, 2.05) is 24.3 Å². The molecule has 1 aromatic carbocycles. The highest BCUT2D eigenvalue weighted by atomic mass is 14.7. The van der Waals surface area contributed by atoms with Crippen molar-refractivity contribution in [2.24, 2.45) is 4.99 Å². The molecule has 0 bridgehead atoms. The van der Waals surface area contributed by atoms with Crippen LogP contribution in [-0.2, 0) is 0 Å². The summed E-state index contributed by atoms with van der Waals surface area (Å²) in [5, 5.41) is 7.39. The summed E-state index contributed by atoms with van der Waals surface area (Å²) in [6.07, 6.45) is 0. The zero-order chi connectivity index (χ0) is 8.27. The van der Waals surface area contributed by atoms with Gasteiger partial charge in [0.1, 0.15) is 0 Å². The second-order valence-corrected chi connectivity index (χ2v) is 2.30. The number of benzene rings is 1. The Morgan fingerprint density at radius 2 is 2.09 bits per heavy atom. The number of rotatable bonds is 2. The van der Waals surface area contributed by atoms with E-state index in [1.165, 1.54) is 0 Å². The van der Waals surface area contributed by atoms with E-state index < -0.39 is 0 Å². The fourth-order valence-electron chi connectivity index (χ4n) is 0.929. The largest absolute Gasteiger partial charge is 0.305 e. The van der Waals surface area contributed by atoms with E-state index in [4.69, 9.17) is 5.41 Å². The zero-order valence-corrected chi connectivity index (χ0v) is 6.46. The maximum Gasteiger partial charge on any atom is 0.0712 e. The fourth-order valence-corrected chi connectivity index (χ4v) is 0.929. The van der Waals surface area contributed by atoms with Gasteiger partial charge in [-0.2, -0.15) is 0 Å². The Labute approximate surface area is 66.1 Å². The van der Waals surface area contributed by atoms with Crippen molar-refractivity contribution < 1.29 is 0 Å². The monoisotopic (exact) mass is 146 g/mol. The molecule has 0 unspecified atom stereocenters. The number of para-hydroxylation sites is 1. The molecule has 0 aliphatic carbocycles. The molecule has 2 nitrogen and oxygen atoms in total. The predicted octanol–water partition coefficient (Wildman–Crippen LogP) is 2.41. The average Bonchev–Trinajstić information content (AvgIpc) is 2.04. The molecule has 0 saturated carbocycles. The highest BCUT2D eigenvalue weighted by Gasteiger charge is 1.99. The van der Waals surface area contributed by atoms with Gasteiger partial charge in [0, 0.05) is 11.3 Å². The Kier molecular flexibility index (Phi) is 2.16. The number of aliphatic imine (C=N–C) groups is 1. The van der Waals surface area contributed by atoms with Gasteiger partial charge in [-0.25, -0.2) is 0 Å². The molecule has 1 N–H and O–H groups in total. The molecule has 0 spiro atoms. The Bertz CT molecular complexity index is 289. The van der Waals surface area contributed by atoms with Crippen LogP contribution in [0.25, 0.3) is 0 Å². The number of hydrogen-bond acceptors (Lipinski definition) is 2. The van der Waals surface area contributed by atoms with Crippen LogP contribution in [-0.4, -0.2) is 12.4 Å². The van der Waals surface area contributed by atoms with Crippen LogP contribution in [0.5, 0.6) is 0 Å². The van der Waals surface area contributed by atoms with Gasteiger partial charge in [-0.3, -0.25) is 4.99 Å². The van der Waals surface area contributed by atoms with E-state index in [2.05, 4.69) is 11.7 Å². The normalized spacial score (nSPS) is 9.18. The lowest BCUT2D eigenvalue weighted by Crippen LogP contribution is -1.90. The number of hydrogen-bond donors (Lipinski definition) is 1. The summed E-state index contributed by atoms with van der Waals surface area (Å²) in [5.74, 6) is 0. The molecule has 2 heteroatoms. The first kappa shape index (κ1) is 7.66. The summed E-state index contributed by atoms with van der Waals surface area (Å²) in [6.45, 7) is 5.17.